The van der Waals surface area contributed by atoms with E-state index in [1.807, 2.05) is 0 Å². The Morgan fingerprint density at radius 2 is 1.70 bits per heavy atom. The van der Waals surface area contributed by atoms with Crippen LogP contribution in [-0.2, 0) is 14.3 Å². The van der Waals surface area contributed by atoms with Crippen molar-refractivity contribution < 1.29 is 14.3 Å². The Labute approximate surface area is 120 Å². The van der Waals surface area contributed by atoms with E-state index in [0.717, 1.165) is 42.6 Å². The number of ether oxygens (including phenoxy) is 2. The first-order valence-corrected chi connectivity index (χ1v) is 8.17. The topological polar surface area (TPSA) is 35.5 Å². The first-order valence-electron chi connectivity index (χ1n) is 8.17. The van der Waals surface area contributed by atoms with Gasteiger partial charge >= 0.3 is 5.97 Å². The van der Waals surface area contributed by atoms with Crippen molar-refractivity contribution in [3.05, 3.63) is 12.7 Å². The molecular formula is C17H24O3. The van der Waals surface area contributed by atoms with Crippen LogP contribution in [0.4, 0.5) is 0 Å². The molecule has 4 bridgehead atoms. The standard InChI is InChI=1S/C17H24O3/c1-3-15(18)20-14-8-10-6-12(14)17-9-5-11(16(10)17)13(7-9)19-4-2/h3,9-14,16-17H,1,4-8H2,2H3. The fourth-order valence-corrected chi connectivity index (χ4v) is 6.22. The van der Waals surface area contributed by atoms with Crippen LogP contribution in [0.15, 0.2) is 12.7 Å². The van der Waals surface area contributed by atoms with E-state index < -0.39 is 0 Å². The van der Waals surface area contributed by atoms with Crippen LogP contribution in [0, 0.1) is 35.5 Å². The lowest BCUT2D eigenvalue weighted by molar-refractivity contribution is -0.148. The predicted octanol–water partition coefficient (Wildman–Crippen LogP) is 2.80. The van der Waals surface area contributed by atoms with Crippen LogP contribution in [0.3, 0.4) is 0 Å². The van der Waals surface area contributed by atoms with Crippen molar-refractivity contribution in [3.8, 4) is 0 Å². The van der Waals surface area contributed by atoms with Crippen molar-refractivity contribution in [2.75, 3.05) is 6.61 Å². The lowest BCUT2D eigenvalue weighted by Crippen LogP contribution is -2.41. The zero-order chi connectivity index (χ0) is 13.9. The summed E-state index contributed by atoms with van der Waals surface area (Å²) >= 11 is 0. The molecule has 4 aliphatic carbocycles. The van der Waals surface area contributed by atoms with Crippen molar-refractivity contribution in [2.45, 2.75) is 44.8 Å². The van der Waals surface area contributed by atoms with Gasteiger partial charge in [-0.3, -0.25) is 0 Å². The van der Waals surface area contributed by atoms with E-state index in [1.54, 1.807) is 0 Å². The minimum Gasteiger partial charge on any atom is -0.459 e. The van der Waals surface area contributed by atoms with E-state index in [9.17, 15) is 4.79 Å². The summed E-state index contributed by atoms with van der Waals surface area (Å²) in [5.74, 6) is 4.41. The maximum Gasteiger partial charge on any atom is 0.330 e. The highest BCUT2D eigenvalue weighted by Crippen LogP contribution is 2.68. The van der Waals surface area contributed by atoms with Gasteiger partial charge in [0.1, 0.15) is 6.10 Å². The minimum atomic E-state index is -0.241. The Hall–Kier alpha value is -0.830. The van der Waals surface area contributed by atoms with Crippen LogP contribution in [0.1, 0.15) is 32.6 Å². The number of carbonyl (C=O) groups excluding carboxylic acids is 1. The molecule has 0 aromatic carbocycles. The Balaban J connectivity index is 1.49. The van der Waals surface area contributed by atoms with Gasteiger partial charge in [0.05, 0.1) is 6.10 Å². The molecule has 0 saturated heterocycles. The molecule has 0 aliphatic heterocycles. The first kappa shape index (κ1) is 12.9. The number of rotatable bonds is 4. The van der Waals surface area contributed by atoms with E-state index in [4.69, 9.17) is 9.47 Å². The average Bonchev–Trinajstić information content (AvgIpc) is 3.15. The van der Waals surface area contributed by atoms with Gasteiger partial charge in [0.25, 0.3) is 0 Å². The maximum atomic E-state index is 11.5. The maximum absolute atomic E-state index is 11.5. The lowest BCUT2D eigenvalue weighted by atomic mass is 9.69. The van der Waals surface area contributed by atoms with Crippen molar-refractivity contribution in [1.29, 1.82) is 0 Å². The molecule has 110 valence electrons. The van der Waals surface area contributed by atoms with Gasteiger partial charge in [0.15, 0.2) is 0 Å². The molecular weight excluding hydrogens is 252 g/mol. The number of carbonyl (C=O) groups is 1. The highest BCUT2D eigenvalue weighted by molar-refractivity contribution is 5.81. The van der Waals surface area contributed by atoms with Crippen LogP contribution >= 0.6 is 0 Å². The smallest absolute Gasteiger partial charge is 0.330 e. The SMILES string of the molecule is C=CC(=O)OC1CC2CC1C1C3CC(OCC)C(C3)C21. The molecule has 0 amide bonds. The molecule has 0 N–H and O–H groups in total. The Kier molecular flexibility index (Phi) is 2.95. The molecule has 8 atom stereocenters. The van der Waals surface area contributed by atoms with Crippen LogP contribution in [0.2, 0.25) is 0 Å². The van der Waals surface area contributed by atoms with Gasteiger partial charge in [-0.15, -0.1) is 0 Å². The van der Waals surface area contributed by atoms with E-state index >= 15 is 0 Å². The molecule has 0 aromatic rings. The highest BCUT2D eigenvalue weighted by Gasteiger charge is 2.65. The summed E-state index contributed by atoms with van der Waals surface area (Å²) in [5, 5.41) is 0. The fourth-order valence-electron chi connectivity index (χ4n) is 6.22. The minimum absolute atomic E-state index is 0.164. The summed E-state index contributed by atoms with van der Waals surface area (Å²) in [6, 6.07) is 0. The summed E-state index contributed by atoms with van der Waals surface area (Å²) < 4.78 is 11.6. The molecule has 0 heterocycles. The van der Waals surface area contributed by atoms with Gasteiger partial charge in [0, 0.05) is 12.7 Å². The molecule has 3 nitrogen and oxygen atoms in total. The Bertz CT molecular complexity index is 430. The molecule has 20 heavy (non-hydrogen) atoms. The largest absolute Gasteiger partial charge is 0.459 e. The molecule has 4 saturated carbocycles. The van der Waals surface area contributed by atoms with E-state index in [1.165, 1.54) is 25.3 Å². The van der Waals surface area contributed by atoms with Gasteiger partial charge < -0.3 is 9.47 Å². The summed E-state index contributed by atoms with van der Waals surface area (Å²) in [5.41, 5.74) is 0. The highest BCUT2D eigenvalue weighted by atomic mass is 16.5. The van der Waals surface area contributed by atoms with Crippen molar-refractivity contribution in [1.82, 2.24) is 0 Å². The fraction of sp³-hybridized carbons (Fsp3) is 0.824. The first-order chi connectivity index (χ1) is 9.72. The zero-order valence-electron chi connectivity index (χ0n) is 12.2. The van der Waals surface area contributed by atoms with Crippen molar-refractivity contribution >= 4 is 5.97 Å². The normalized spacial score (nSPS) is 51.2. The van der Waals surface area contributed by atoms with Crippen molar-refractivity contribution in [2.24, 2.45) is 35.5 Å². The Morgan fingerprint density at radius 1 is 1.10 bits per heavy atom. The monoisotopic (exact) mass is 276 g/mol. The van der Waals surface area contributed by atoms with Crippen molar-refractivity contribution in [3.63, 3.8) is 0 Å². The summed E-state index contributed by atoms with van der Waals surface area (Å²) in [6.45, 7) is 6.46. The molecule has 0 radical (unpaired) electrons. The molecule has 8 unspecified atom stereocenters. The third kappa shape index (κ3) is 1.65. The molecule has 0 spiro atoms. The predicted molar refractivity (Wildman–Crippen MR) is 74.9 cm³/mol. The molecule has 0 aromatic heterocycles. The quantitative estimate of drug-likeness (QED) is 0.450. The van der Waals surface area contributed by atoms with Crippen LogP contribution in [0.25, 0.3) is 0 Å². The third-order valence-corrected chi connectivity index (χ3v) is 6.51. The van der Waals surface area contributed by atoms with Gasteiger partial charge in [0.2, 0.25) is 0 Å². The third-order valence-electron chi connectivity index (χ3n) is 6.51. The summed E-state index contributed by atoms with van der Waals surface area (Å²) in [4.78, 5) is 11.5. The Morgan fingerprint density at radius 3 is 2.30 bits per heavy atom. The van der Waals surface area contributed by atoms with Gasteiger partial charge in [-0.25, -0.2) is 4.79 Å². The molecule has 4 aliphatic rings. The zero-order valence-corrected chi connectivity index (χ0v) is 12.2. The summed E-state index contributed by atoms with van der Waals surface area (Å²) in [7, 11) is 0. The number of esters is 1. The van der Waals surface area contributed by atoms with Crippen LogP contribution in [0.5, 0.6) is 0 Å². The number of hydrogen-bond acceptors (Lipinski definition) is 3. The van der Waals surface area contributed by atoms with E-state index in [0.29, 0.717) is 12.0 Å². The second-order valence-electron chi connectivity index (χ2n) is 7.12. The lowest BCUT2D eigenvalue weighted by Gasteiger charge is -2.40. The van der Waals surface area contributed by atoms with Gasteiger partial charge in [-0.1, -0.05) is 6.58 Å². The average molecular weight is 276 g/mol. The molecule has 4 rings (SSSR count). The van der Waals surface area contributed by atoms with Gasteiger partial charge in [-0.2, -0.15) is 0 Å². The van der Waals surface area contributed by atoms with E-state index in [-0.39, 0.29) is 12.1 Å². The number of hydrogen-bond donors (Lipinski definition) is 0. The van der Waals surface area contributed by atoms with Crippen LogP contribution < -0.4 is 0 Å². The molecule has 3 heteroatoms. The second-order valence-corrected chi connectivity index (χ2v) is 7.12. The van der Waals surface area contributed by atoms with Gasteiger partial charge in [-0.05, 0) is 68.1 Å². The second kappa shape index (κ2) is 4.59. The van der Waals surface area contributed by atoms with Crippen LogP contribution in [-0.4, -0.2) is 24.8 Å². The summed E-state index contributed by atoms with van der Waals surface area (Å²) in [6.07, 6.45) is 6.93. The number of fused-ring (bicyclic) bond motifs is 9. The molecule has 4 fully saturated rings. The van der Waals surface area contributed by atoms with E-state index in [2.05, 4.69) is 13.5 Å².